The topological polar surface area (TPSA) is 47.6 Å². The molecule has 0 amide bonds. The van der Waals surface area contributed by atoms with Crippen LogP contribution in [-0.2, 0) is 14.3 Å². The maximum Gasteiger partial charge on any atom is 0.322 e. The molecule has 0 aromatic carbocycles. The van der Waals surface area contributed by atoms with E-state index in [0.717, 1.165) is 32.6 Å². The number of carbonyl (C=O) groups is 1. The Kier molecular flexibility index (Phi) is 4.90. The fraction of sp³-hybridized carbons (Fsp3) is 0.900. The summed E-state index contributed by atoms with van der Waals surface area (Å²) in [6.45, 7) is 4.39. The summed E-state index contributed by atoms with van der Waals surface area (Å²) < 4.78 is 9.88. The van der Waals surface area contributed by atoms with Gasteiger partial charge in [-0.15, -0.1) is 0 Å². The molecule has 1 saturated heterocycles. The molecule has 4 heteroatoms. The summed E-state index contributed by atoms with van der Waals surface area (Å²) in [6.07, 6.45) is 2.17. The first-order valence-electron chi connectivity index (χ1n) is 5.13. The summed E-state index contributed by atoms with van der Waals surface area (Å²) in [5.41, 5.74) is 0. The fourth-order valence-corrected chi connectivity index (χ4v) is 1.55. The lowest BCUT2D eigenvalue weighted by atomic mass is 10.0. The van der Waals surface area contributed by atoms with Gasteiger partial charge in [-0.25, -0.2) is 0 Å². The van der Waals surface area contributed by atoms with E-state index in [2.05, 4.69) is 10.1 Å². The van der Waals surface area contributed by atoms with Crippen LogP contribution in [0.15, 0.2) is 0 Å². The van der Waals surface area contributed by atoms with Crippen LogP contribution in [0.2, 0.25) is 0 Å². The minimum absolute atomic E-state index is 0.197. The standard InChI is InChI=1S/C10H19NO3/c1-8(10(12)13-2)11-7-9-3-5-14-6-4-9/h8-9,11H,3-7H2,1-2H3/t8-/m0/s1. The van der Waals surface area contributed by atoms with E-state index < -0.39 is 0 Å². The Morgan fingerprint density at radius 1 is 1.57 bits per heavy atom. The van der Waals surface area contributed by atoms with Crippen LogP contribution in [0.1, 0.15) is 19.8 Å². The molecule has 1 fully saturated rings. The molecule has 1 N–H and O–H groups in total. The molecule has 0 radical (unpaired) electrons. The van der Waals surface area contributed by atoms with Gasteiger partial charge in [0, 0.05) is 13.2 Å². The van der Waals surface area contributed by atoms with E-state index in [4.69, 9.17) is 4.74 Å². The Bertz CT molecular complexity index is 178. The largest absolute Gasteiger partial charge is 0.468 e. The molecule has 0 aromatic heterocycles. The number of carbonyl (C=O) groups excluding carboxylic acids is 1. The van der Waals surface area contributed by atoms with Crippen LogP contribution in [0.5, 0.6) is 0 Å². The Morgan fingerprint density at radius 2 is 2.21 bits per heavy atom. The Balaban J connectivity index is 2.15. The van der Waals surface area contributed by atoms with Crippen LogP contribution < -0.4 is 5.32 Å². The highest BCUT2D eigenvalue weighted by atomic mass is 16.5. The van der Waals surface area contributed by atoms with Gasteiger partial charge in [-0.05, 0) is 32.2 Å². The molecule has 0 spiro atoms. The second-order valence-electron chi connectivity index (χ2n) is 3.71. The average Bonchev–Trinajstić information content (AvgIpc) is 2.26. The Morgan fingerprint density at radius 3 is 2.79 bits per heavy atom. The summed E-state index contributed by atoms with van der Waals surface area (Å²) >= 11 is 0. The molecule has 0 bridgehead atoms. The molecule has 82 valence electrons. The molecule has 4 nitrogen and oxygen atoms in total. The van der Waals surface area contributed by atoms with Gasteiger partial charge in [-0.2, -0.15) is 0 Å². The van der Waals surface area contributed by atoms with Gasteiger partial charge in [-0.1, -0.05) is 0 Å². The quantitative estimate of drug-likeness (QED) is 0.675. The number of methoxy groups -OCH3 is 1. The molecule has 0 aromatic rings. The van der Waals surface area contributed by atoms with Gasteiger partial charge in [-0.3, -0.25) is 4.79 Å². The van der Waals surface area contributed by atoms with Crippen LogP contribution in [0.25, 0.3) is 0 Å². The van der Waals surface area contributed by atoms with Crippen LogP contribution in [-0.4, -0.2) is 38.9 Å². The highest BCUT2D eigenvalue weighted by Gasteiger charge is 2.17. The lowest BCUT2D eigenvalue weighted by Crippen LogP contribution is -2.39. The van der Waals surface area contributed by atoms with Crippen molar-refractivity contribution < 1.29 is 14.3 Å². The third-order valence-corrected chi connectivity index (χ3v) is 2.61. The third kappa shape index (κ3) is 3.64. The van der Waals surface area contributed by atoms with E-state index in [-0.39, 0.29) is 12.0 Å². The predicted octanol–water partition coefficient (Wildman–Crippen LogP) is 0.564. The smallest absolute Gasteiger partial charge is 0.322 e. The van der Waals surface area contributed by atoms with Crippen molar-refractivity contribution >= 4 is 5.97 Å². The number of nitrogens with one attached hydrogen (secondary N) is 1. The fourth-order valence-electron chi connectivity index (χ4n) is 1.55. The van der Waals surface area contributed by atoms with Gasteiger partial charge in [0.2, 0.25) is 0 Å². The lowest BCUT2D eigenvalue weighted by Gasteiger charge is -2.23. The molecular formula is C10H19NO3. The highest BCUT2D eigenvalue weighted by molar-refractivity contribution is 5.75. The van der Waals surface area contributed by atoms with Gasteiger partial charge in [0.15, 0.2) is 0 Å². The van der Waals surface area contributed by atoms with Crippen molar-refractivity contribution in [1.82, 2.24) is 5.32 Å². The maximum atomic E-state index is 11.1. The molecule has 0 unspecified atom stereocenters. The second kappa shape index (κ2) is 5.98. The highest BCUT2D eigenvalue weighted by Crippen LogP contribution is 2.13. The second-order valence-corrected chi connectivity index (χ2v) is 3.71. The molecular weight excluding hydrogens is 182 g/mol. The minimum atomic E-state index is -0.206. The molecule has 0 saturated carbocycles. The average molecular weight is 201 g/mol. The first-order chi connectivity index (χ1) is 6.74. The van der Waals surface area contributed by atoms with Crippen molar-refractivity contribution in [3.05, 3.63) is 0 Å². The number of ether oxygens (including phenoxy) is 2. The number of hydrogen-bond acceptors (Lipinski definition) is 4. The van der Waals surface area contributed by atoms with E-state index in [1.54, 1.807) is 0 Å². The zero-order valence-electron chi connectivity index (χ0n) is 8.91. The van der Waals surface area contributed by atoms with Gasteiger partial charge in [0.1, 0.15) is 6.04 Å². The van der Waals surface area contributed by atoms with E-state index >= 15 is 0 Å². The van der Waals surface area contributed by atoms with Crippen molar-refractivity contribution in [1.29, 1.82) is 0 Å². The van der Waals surface area contributed by atoms with E-state index in [9.17, 15) is 4.79 Å². The molecule has 1 heterocycles. The van der Waals surface area contributed by atoms with Crippen molar-refractivity contribution in [2.75, 3.05) is 26.9 Å². The monoisotopic (exact) mass is 201 g/mol. The maximum absolute atomic E-state index is 11.1. The van der Waals surface area contributed by atoms with Crippen LogP contribution in [0.4, 0.5) is 0 Å². The lowest BCUT2D eigenvalue weighted by molar-refractivity contribution is -0.142. The zero-order valence-corrected chi connectivity index (χ0v) is 8.91. The van der Waals surface area contributed by atoms with Crippen molar-refractivity contribution in [3.63, 3.8) is 0 Å². The molecule has 1 atom stereocenters. The zero-order chi connectivity index (χ0) is 10.4. The number of rotatable bonds is 4. The van der Waals surface area contributed by atoms with Gasteiger partial charge in [0.05, 0.1) is 7.11 Å². The van der Waals surface area contributed by atoms with E-state index in [1.807, 2.05) is 6.92 Å². The normalized spacial score (nSPS) is 20.4. The Hall–Kier alpha value is -0.610. The van der Waals surface area contributed by atoms with Crippen LogP contribution >= 0.6 is 0 Å². The first kappa shape index (κ1) is 11.5. The minimum Gasteiger partial charge on any atom is -0.468 e. The molecule has 0 aliphatic carbocycles. The van der Waals surface area contributed by atoms with Gasteiger partial charge >= 0.3 is 5.97 Å². The summed E-state index contributed by atoms with van der Waals surface area (Å²) in [5.74, 6) is 0.438. The first-order valence-corrected chi connectivity index (χ1v) is 5.13. The molecule has 1 aliphatic rings. The van der Waals surface area contributed by atoms with Crippen LogP contribution in [0.3, 0.4) is 0 Å². The summed E-state index contributed by atoms with van der Waals surface area (Å²) in [5, 5.41) is 3.17. The van der Waals surface area contributed by atoms with Crippen molar-refractivity contribution in [3.8, 4) is 0 Å². The van der Waals surface area contributed by atoms with Gasteiger partial charge in [0.25, 0.3) is 0 Å². The number of esters is 1. The predicted molar refractivity (Wildman–Crippen MR) is 53.0 cm³/mol. The third-order valence-electron chi connectivity index (χ3n) is 2.61. The van der Waals surface area contributed by atoms with Gasteiger partial charge < -0.3 is 14.8 Å². The van der Waals surface area contributed by atoms with E-state index in [0.29, 0.717) is 5.92 Å². The Labute approximate surface area is 85.0 Å². The van der Waals surface area contributed by atoms with Crippen molar-refractivity contribution in [2.24, 2.45) is 5.92 Å². The number of hydrogen-bond donors (Lipinski definition) is 1. The SMILES string of the molecule is COC(=O)[C@H](C)NCC1CCOCC1. The van der Waals surface area contributed by atoms with E-state index in [1.165, 1.54) is 7.11 Å². The molecule has 1 aliphatic heterocycles. The molecule has 14 heavy (non-hydrogen) atoms. The summed E-state index contributed by atoms with van der Waals surface area (Å²) in [6, 6.07) is -0.206. The summed E-state index contributed by atoms with van der Waals surface area (Å²) in [7, 11) is 1.41. The summed E-state index contributed by atoms with van der Waals surface area (Å²) in [4.78, 5) is 11.1. The van der Waals surface area contributed by atoms with Crippen LogP contribution in [0, 0.1) is 5.92 Å². The molecule has 1 rings (SSSR count). The van der Waals surface area contributed by atoms with Crippen molar-refractivity contribution in [2.45, 2.75) is 25.8 Å².